The van der Waals surface area contributed by atoms with Crippen LogP contribution in [0.3, 0.4) is 0 Å². The number of hydrogen-bond donors (Lipinski definition) is 0. The van der Waals surface area contributed by atoms with E-state index in [1.807, 2.05) is 87.2 Å². The van der Waals surface area contributed by atoms with Gasteiger partial charge in [0.1, 0.15) is 17.1 Å². The first kappa shape index (κ1) is 27.9. The summed E-state index contributed by atoms with van der Waals surface area (Å²) in [5.41, 5.74) is 11.6. The van der Waals surface area contributed by atoms with Crippen LogP contribution in [0.25, 0.3) is 34.2 Å². The molecule has 0 saturated heterocycles. The molecule has 0 aliphatic carbocycles. The van der Waals surface area contributed by atoms with E-state index < -0.39 is 0 Å². The molecular formula is C33H30N12. The minimum absolute atomic E-state index is 0.546. The molecule has 0 N–H and O–H groups in total. The molecule has 1 aromatic carbocycles. The van der Waals surface area contributed by atoms with Gasteiger partial charge in [-0.05, 0) is 90.6 Å². The Bertz CT molecular complexity index is 1800. The fraction of sp³-hybridized carbons (Fsp3) is 0.182. The minimum Gasteiger partial charge on any atom is -0.254 e. The highest BCUT2D eigenvalue weighted by atomic mass is 15.4. The summed E-state index contributed by atoms with van der Waals surface area (Å²) in [5, 5.41) is 26.5. The second kappa shape index (κ2) is 12.0. The van der Waals surface area contributed by atoms with Gasteiger partial charge in [0.2, 0.25) is 0 Å². The van der Waals surface area contributed by atoms with E-state index in [0.29, 0.717) is 19.6 Å². The number of hydrogen-bond acceptors (Lipinski definition) is 9. The van der Waals surface area contributed by atoms with E-state index >= 15 is 0 Å². The van der Waals surface area contributed by atoms with Crippen molar-refractivity contribution in [2.45, 2.75) is 40.4 Å². The summed E-state index contributed by atoms with van der Waals surface area (Å²) >= 11 is 0. The summed E-state index contributed by atoms with van der Waals surface area (Å²) in [6.07, 6.45) is 11.1. The molecule has 0 amide bonds. The summed E-state index contributed by atoms with van der Waals surface area (Å²) in [6.45, 7) is 8.13. The van der Waals surface area contributed by atoms with Crippen molar-refractivity contribution in [2.75, 3.05) is 0 Å². The van der Waals surface area contributed by atoms with E-state index in [4.69, 9.17) is 0 Å². The van der Waals surface area contributed by atoms with E-state index in [-0.39, 0.29) is 0 Å². The zero-order valence-electron chi connectivity index (χ0n) is 25.1. The number of pyridine rings is 3. The number of nitrogens with zero attached hydrogens (tertiary/aromatic N) is 12. The monoisotopic (exact) mass is 594 g/mol. The van der Waals surface area contributed by atoms with Crippen LogP contribution >= 0.6 is 0 Å². The van der Waals surface area contributed by atoms with E-state index in [0.717, 1.165) is 34.2 Å². The first-order chi connectivity index (χ1) is 22.0. The molecule has 12 heteroatoms. The van der Waals surface area contributed by atoms with Gasteiger partial charge < -0.3 is 0 Å². The van der Waals surface area contributed by atoms with Crippen LogP contribution in [0.5, 0.6) is 0 Å². The molecule has 222 valence electrons. The maximum atomic E-state index is 4.45. The molecule has 0 spiro atoms. The molecule has 12 nitrogen and oxygen atoms in total. The van der Waals surface area contributed by atoms with Crippen molar-refractivity contribution >= 4 is 0 Å². The lowest BCUT2D eigenvalue weighted by atomic mass is 9.88. The maximum Gasteiger partial charge on any atom is 0.131 e. The summed E-state index contributed by atoms with van der Waals surface area (Å²) < 4.78 is 5.60. The van der Waals surface area contributed by atoms with Gasteiger partial charge in [0.25, 0.3) is 0 Å². The van der Waals surface area contributed by atoms with Gasteiger partial charge in [-0.3, -0.25) is 15.0 Å². The molecule has 0 aliphatic heterocycles. The molecule has 0 fully saturated rings. The first-order valence-electron chi connectivity index (χ1n) is 14.6. The molecule has 6 heterocycles. The average Bonchev–Trinajstić information content (AvgIpc) is 3.87. The third-order valence-corrected chi connectivity index (χ3v) is 8.07. The second-order valence-corrected chi connectivity index (χ2v) is 10.9. The van der Waals surface area contributed by atoms with E-state index in [9.17, 15) is 0 Å². The Labute approximate surface area is 259 Å². The van der Waals surface area contributed by atoms with Crippen molar-refractivity contribution < 1.29 is 0 Å². The third-order valence-electron chi connectivity index (χ3n) is 8.07. The fourth-order valence-corrected chi connectivity index (χ4v) is 5.61. The summed E-state index contributed by atoms with van der Waals surface area (Å²) in [5.74, 6) is 0. The highest BCUT2D eigenvalue weighted by Gasteiger charge is 2.20. The van der Waals surface area contributed by atoms with Crippen LogP contribution in [0.2, 0.25) is 0 Å². The van der Waals surface area contributed by atoms with Crippen molar-refractivity contribution in [1.82, 2.24) is 59.9 Å². The van der Waals surface area contributed by atoms with Crippen molar-refractivity contribution in [2.24, 2.45) is 0 Å². The Hall–Kier alpha value is -5.91. The molecule has 0 bridgehead atoms. The Morgan fingerprint density at radius 2 is 0.733 bits per heavy atom. The highest BCUT2D eigenvalue weighted by molar-refractivity contribution is 5.55. The van der Waals surface area contributed by atoms with Crippen molar-refractivity contribution in [1.29, 1.82) is 0 Å². The Morgan fingerprint density at radius 1 is 0.422 bits per heavy atom. The van der Waals surface area contributed by atoms with Crippen LogP contribution in [0, 0.1) is 20.8 Å². The second-order valence-electron chi connectivity index (χ2n) is 10.9. The average molecular weight is 595 g/mol. The molecular weight excluding hydrogens is 564 g/mol. The summed E-state index contributed by atoms with van der Waals surface area (Å²) in [7, 11) is 0. The molecule has 0 saturated carbocycles. The lowest BCUT2D eigenvalue weighted by Crippen LogP contribution is -2.15. The Balaban J connectivity index is 1.26. The van der Waals surface area contributed by atoms with Gasteiger partial charge in [-0.15, -0.1) is 15.3 Å². The van der Waals surface area contributed by atoms with Gasteiger partial charge in [-0.2, -0.15) is 0 Å². The lowest BCUT2D eigenvalue weighted by Gasteiger charge is -2.22. The van der Waals surface area contributed by atoms with Crippen LogP contribution in [0.15, 0.2) is 91.8 Å². The van der Waals surface area contributed by atoms with Crippen LogP contribution < -0.4 is 0 Å². The lowest BCUT2D eigenvalue weighted by molar-refractivity contribution is 0.618. The zero-order valence-corrected chi connectivity index (χ0v) is 25.1. The number of benzene rings is 1. The highest BCUT2D eigenvalue weighted by Crippen LogP contribution is 2.30. The topological polar surface area (TPSA) is 131 Å². The van der Waals surface area contributed by atoms with Crippen LogP contribution in [0.1, 0.15) is 33.4 Å². The molecule has 0 unspecified atom stereocenters. The molecule has 0 aliphatic rings. The van der Waals surface area contributed by atoms with Gasteiger partial charge in [-0.1, -0.05) is 33.8 Å². The summed E-state index contributed by atoms with van der Waals surface area (Å²) in [4.78, 5) is 13.3. The Morgan fingerprint density at radius 3 is 1.00 bits per heavy atom. The fourth-order valence-electron chi connectivity index (χ4n) is 5.61. The number of rotatable bonds is 9. The smallest absolute Gasteiger partial charge is 0.131 e. The minimum atomic E-state index is 0.546. The largest absolute Gasteiger partial charge is 0.254 e. The van der Waals surface area contributed by atoms with Gasteiger partial charge >= 0.3 is 0 Å². The van der Waals surface area contributed by atoms with Crippen molar-refractivity contribution in [3.8, 4) is 34.2 Å². The predicted molar refractivity (Wildman–Crippen MR) is 168 cm³/mol. The molecule has 7 aromatic rings. The normalized spacial score (nSPS) is 11.3. The third kappa shape index (κ3) is 5.73. The SMILES string of the molecule is Cc1c(Cn2cc(-c3ccccn3)nn2)c(C)c(Cn2cc(-c3ccccn3)nn2)c(C)c1Cn1cc(-c2ccccn2)nn1. The number of aromatic nitrogens is 12. The quantitative estimate of drug-likeness (QED) is 0.233. The summed E-state index contributed by atoms with van der Waals surface area (Å²) in [6, 6.07) is 17.3. The Kier molecular flexibility index (Phi) is 7.44. The van der Waals surface area contributed by atoms with Gasteiger partial charge in [-0.25, -0.2) is 14.0 Å². The van der Waals surface area contributed by atoms with E-state index in [2.05, 4.69) is 66.7 Å². The van der Waals surface area contributed by atoms with Gasteiger partial charge in [0.05, 0.1) is 55.3 Å². The molecule has 45 heavy (non-hydrogen) atoms. The van der Waals surface area contributed by atoms with E-state index in [1.54, 1.807) is 18.6 Å². The molecule has 6 aromatic heterocycles. The van der Waals surface area contributed by atoms with Crippen LogP contribution in [0.4, 0.5) is 0 Å². The molecule has 0 atom stereocenters. The molecule has 7 rings (SSSR count). The van der Waals surface area contributed by atoms with Crippen molar-refractivity contribution in [3.63, 3.8) is 0 Å². The van der Waals surface area contributed by atoms with Gasteiger partial charge in [0, 0.05) is 18.6 Å². The first-order valence-corrected chi connectivity index (χ1v) is 14.6. The maximum absolute atomic E-state index is 4.45. The van der Waals surface area contributed by atoms with Crippen LogP contribution in [-0.4, -0.2) is 59.9 Å². The van der Waals surface area contributed by atoms with Crippen molar-refractivity contribution in [3.05, 3.63) is 125 Å². The van der Waals surface area contributed by atoms with E-state index in [1.165, 1.54) is 33.4 Å². The standard InChI is InChI=1S/C33H30N12/c1-22-25(16-43-19-31(37-40-43)28-10-4-7-13-34-28)23(2)27(18-45-21-33(39-42-45)30-12-6-9-15-36-30)24(3)26(22)17-44-20-32(38-41-44)29-11-5-8-14-35-29/h4-15,19-21H,16-18H2,1-3H3. The molecule has 0 radical (unpaired) electrons. The predicted octanol–water partition coefficient (Wildman–Crippen LogP) is 4.72. The zero-order chi connectivity index (χ0) is 30.8. The van der Waals surface area contributed by atoms with Crippen LogP contribution in [-0.2, 0) is 19.6 Å². The van der Waals surface area contributed by atoms with Gasteiger partial charge in [0.15, 0.2) is 0 Å².